The van der Waals surface area contributed by atoms with Crippen LogP contribution in [0.2, 0.25) is 0 Å². The van der Waals surface area contributed by atoms with Gasteiger partial charge in [0, 0.05) is 104 Å². The molecule has 0 bridgehead atoms. The predicted octanol–water partition coefficient (Wildman–Crippen LogP) is 26.7. The van der Waals surface area contributed by atoms with E-state index in [9.17, 15) is 5.26 Å². The van der Waals surface area contributed by atoms with Crippen LogP contribution in [0, 0.1) is 11.3 Å². The van der Waals surface area contributed by atoms with Crippen LogP contribution in [0.5, 0.6) is 0 Å². The summed E-state index contributed by atoms with van der Waals surface area (Å²) in [6, 6.07) is 142. The average molecular weight is 1480 g/mol. The molecular formula is C106H64N10. The number of fused-ring (bicyclic) bond motifs is 18. The molecule has 0 atom stereocenters. The summed E-state index contributed by atoms with van der Waals surface area (Å²) in [7, 11) is 0. The molecule has 7 heterocycles. The van der Waals surface area contributed by atoms with Gasteiger partial charge in [-0.2, -0.15) is 5.26 Å². The highest BCUT2D eigenvalue weighted by molar-refractivity contribution is 6.18. The standard InChI is InChI=1S/C106H64N10/c107-65-69-30-7-8-31-74(69)68-50-55-97(115-98-56-51-70(111-89-41-17-9-32-75(89)76-33-10-18-42-90(76)111)61-85(98)86-62-71(52-57-99(86)115)112-91-43-19-11-34-77(91)78-35-12-20-44-92(78)112)84(60-68)83-40-25-49-102(103(83)106-109-104(66-26-3-1-4-27-66)108-105(110-106)67-28-5-2-6-29-67)116-100-58-53-72(113-93-45-21-13-36-79(93)80-37-14-22-46-94(80)113)63-87(100)88-64-73(54-59-101(88)116)114-95-47-23-15-38-81(95)82-39-16-24-48-96(82)114/h1-64H. The molecule has 0 aliphatic heterocycles. The first-order chi connectivity index (χ1) is 57.5. The Hall–Kier alpha value is -16.0. The minimum Gasteiger partial charge on any atom is -0.309 e. The first-order valence-electron chi connectivity index (χ1n) is 39.3. The average Bonchev–Trinajstić information content (AvgIpc) is 1.56. The lowest BCUT2D eigenvalue weighted by atomic mass is 9.91. The third kappa shape index (κ3) is 9.73. The van der Waals surface area contributed by atoms with E-state index in [2.05, 4.69) is 367 Å². The normalized spacial score (nSPS) is 12.0. The highest BCUT2D eigenvalue weighted by Gasteiger charge is 2.29. The van der Waals surface area contributed by atoms with Crippen LogP contribution in [-0.2, 0) is 0 Å². The van der Waals surface area contributed by atoms with Gasteiger partial charge in [-0.3, -0.25) is 0 Å². The Bertz CT molecular complexity index is 7690. The minimum absolute atomic E-state index is 0.477. The largest absolute Gasteiger partial charge is 0.309 e. The van der Waals surface area contributed by atoms with Crippen LogP contribution >= 0.6 is 0 Å². The van der Waals surface area contributed by atoms with Crippen molar-refractivity contribution in [2.75, 3.05) is 0 Å². The molecule has 0 radical (unpaired) electrons. The minimum atomic E-state index is 0.477. The second-order valence-electron chi connectivity index (χ2n) is 30.1. The fourth-order valence-electron chi connectivity index (χ4n) is 18.9. The van der Waals surface area contributed by atoms with E-state index in [1.165, 1.54) is 43.1 Å². The van der Waals surface area contributed by atoms with Crippen LogP contribution in [0.1, 0.15) is 5.56 Å². The van der Waals surface area contributed by atoms with Gasteiger partial charge in [-0.05, 0) is 162 Å². The molecule has 0 N–H and O–H groups in total. The Morgan fingerprint density at radius 1 is 0.190 bits per heavy atom. The molecule has 116 heavy (non-hydrogen) atoms. The lowest BCUT2D eigenvalue weighted by Crippen LogP contribution is -2.06. The summed E-state index contributed by atoms with van der Waals surface area (Å²) < 4.78 is 14.6. The van der Waals surface area contributed by atoms with E-state index in [1.807, 2.05) is 54.6 Å². The number of para-hydroxylation sites is 8. The third-order valence-electron chi connectivity index (χ3n) is 23.9. The molecule has 24 rings (SSSR count). The van der Waals surface area contributed by atoms with E-state index in [-0.39, 0.29) is 0 Å². The Morgan fingerprint density at radius 3 is 0.836 bits per heavy atom. The summed E-state index contributed by atoms with van der Waals surface area (Å²) in [5, 5.41) is 24.9. The van der Waals surface area contributed by atoms with Gasteiger partial charge in [0.05, 0.1) is 94.8 Å². The fourth-order valence-corrected chi connectivity index (χ4v) is 18.9. The third-order valence-corrected chi connectivity index (χ3v) is 23.9. The van der Waals surface area contributed by atoms with E-state index in [4.69, 9.17) is 15.0 Å². The van der Waals surface area contributed by atoms with E-state index >= 15 is 0 Å². The number of benzene rings is 17. The quantitative estimate of drug-likeness (QED) is 0.129. The lowest BCUT2D eigenvalue weighted by molar-refractivity contribution is 1.06. The van der Waals surface area contributed by atoms with Crippen LogP contribution in [0.3, 0.4) is 0 Å². The van der Waals surface area contributed by atoms with Crippen molar-refractivity contribution in [3.8, 4) is 96.6 Å². The number of aromatic nitrogens is 9. The zero-order valence-corrected chi connectivity index (χ0v) is 62.4. The number of hydrogen-bond donors (Lipinski definition) is 0. The molecule has 24 aromatic rings. The molecule has 0 saturated carbocycles. The summed E-state index contributed by atoms with van der Waals surface area (Å²) in [6.07, 6.45) is 0. The van der Waals surface area contributed by atoms with Gasteiger partial charge in [-0.1, -0.05) is 243 Å². The molecular weight excluding hydrogens is 1410 g/mol. The predicted molar refractivity (Wildman–Crippen MR) is 478 cm³/mol. The van der Waals surface area contributed by atoms with Crippen LogP contribution in [0.4, 0.5) is 0 Å². The van der Waals surface area contributed by atoms with Crippen molar-refractivity contribution in [3.63, 3.8) is 0 Å². The molecule has 0 spiro atoms. The van der Waals surface area contributed by atoms with Gasteiger partial charge in [0.2, 0.25) is 0 Å². The highest BCUT2D eigenvalue weighted by atomic mass is 15.1. The van der Waals surface area contributed by atoms with E-state index < -0.39 is 0 Å². The van der Waals surface area contributed by atoms with Gasteiger partial charge in [0.15, 0.2) is 17.5 Å². The number of hydrogen-bond acceptors (Lipinski definition) is 4. The monoisotopic (exact) mass is 1480 g/mol. The summed E-state index contributed by atoms with van der Waals surface area (Å²) in [6.45, 7) is 0. The molecule has 0 fully saturated rings. The molecule has 0 aliphatic rings. The summed E-state index contributed by atoms with van der Waals surface area (Å²) in [5.41, 5.74) is 25.4. The van der Waals surface area contributed by atoms with Crippen LogP contribution in [0.15, 0.2) is 388 Å². The van der Waals surface area contributed by atoms with E-state index in [0.29, 0.717) is 23.0 Å². The summed E-state index contributed by atoms with van der Waals surface area (Å²) in [4.78, 5) is 17.0. The molecule has 0 saturated heterocycles. The van der Waals surface area contributed by atoms with Crippen LogP contribution < -0.4 is 0 Å². The van der Waals surface area contributed by atoms with Crippen molar-refractivity contribution in [3.05, 3.63) is 394 Å². The van der Waals surface area contributed by atoms with Crippen molar-refractivity contribution in [1.29, 1.82) is 5.26 Å². The molecule has 7 aromatic heterocycles. The smallest absolute Gasteiger partial charge is 0.166 e. The zero-order chi connectivity index (χ0) is 76.2. The van der Waals surface area contributed by atoms with E-state index in [0.717, 1.165) is 161 Å². The maximum Gasteiger partial charge on any atom is 0.166 e. The first kappa shape index (κ1) is 64.8. The van der Waals surface area contributed by atoms with Gasteiger partial charge >= 0.3 is 0 Å². The zero-order valence-electron chi connectivity index (χ0n) is 62.4. The molecule has 0 amide bonds. The number of rotatable bonds is 11. The SMILES string of the molecule is N#Cc1ccccc1-c1ccc(-n2c3ccc(-n4c5ccccc5c5ccccc54)cc3c3cc(-n4c5ccccc5c5ccccc54)ccc32)c(-c2cccc(-n3c4ccc(-n5c6ccccc6c6ccccc65)cc4c4cc(-n5c6ccccc6c6ccccc65)ccc43)c2-c2nc(-c3ccccc3)nc(-c3ccccc3)n2)c1. The van der Waals surface area contributed by atoms with Gasteiger partial charge in [0.25, 0.3) is 0 Å². The Kier molecular flexibility index (Phi) is 14.3. The summed E-state index contributed by atoms with van der Waals surface area (Å²) in [5.74, 6) is 1.53. The fraction of sp³-hybridized carbons (Fsp3) is 0. The van der Waals surface area contributed by atoms with Crippen molar-refractivity contribution >= 4 is 131 Å². The molecule has 0 aliphatic carbocycles. The van der Waals surface area contributed by atoms with Crippen LogP contribution in [-0.4, -0.2) is 42.4 Å². The highest BCUT2D eigenvalue weighted by Crippen LogP contribution is 2.49. The van der Waals surface area contributed by atoms with Crippen molar-refractivity contribution < 1.29 is 0 Å². The van der Waals surface area contributed by atoms with Gasteiger partial charge < -0.3 is 27.4 Å². The molecule has 17 aromatic carbocycles. The van der Waals surface area contributed by atoms with Gasteiger partial charge in [0.1, 0.15) is 0 Å². The summed E-state index contributed by atoms with van der Waals surface area (Å²) >= 11 is 0. The van der Waals surface area contributed by atoms with Crippen molar-refractivity contribution in [1.82, 2.24) is 42.4 Å². The lowest BCUT2D eigenvalue weighted by Gasteiger charge is -2.22. The van der Waals surface area contributed by atoms with Gasteiger partial charge in [-0.15, -0.1) is 0 Å². The van der Waals surface area contributed by atoms with E-state index in [1.54, 1.807) is 0 Å². The molecule has 10 heteroatoms. The van der Waals surface area contributed by atoms with Crippen molar-refractivity contribution in [2.45, 2.75) is 0 Å². The molecule has 0 unspecified atom stereocenters. The van der Waals surface area contributed by atoms with Gasteiger partial charge in [-0.25, -0.2) is 15.0 Å². The van der Waals surface area contributed by atoms with Crippen molar-refractivity contribution in [2.24, 2.45) is 0 Å². The number of nitriles is 1. The Labute approximate surface area is 664 Å². The Morgan fingerprint density at radius 2 is 0.483 bits per heavy atom. The topological polar surface area (TPSA) is 92.0 Å². The maximum absolute atomic E-state index is 11.1. The first-order valence-corrected chi connectivity index (χ1v) is 39.3. The maximum atomic E-state index is 11.1. The second-order valence-corrected chi connectivity index (χ2v) is 30.1. The molecule has 10 nitrogen and oxygen atoms in total. The number of nitrogens with zero attached hydrogens (tertiary/aromatic N) is 10. The molecule has 538 valence electrons. The van der Waals surface area contributed by atoms with Crippen LogP contribution in [0.25, 0.3) is 221 Å². The second kappa shape index (κ2) is 25.5. The Balaban J connectivity index is 0.830.